The minimum absolute atomic E-state index is 0.0119. The minimum Gasteiger partial charge on any atom is -0.475 e. The minimum atomic E-state index is -4.10. The van der Waals surface area contributed by atoms with Crippen LogP contribution < -0.4 is 14.8 Å². The molecular weight excluding hydrogens is 401 g/mol. The molecule has 8 nitrogen and oxygen atoms in total. The summed E-state index contributed by atoms with van der Waals surface area (Å²) in [5.41, 5.74) is 0.720. The van der Waals surface area contributed by atoms with Crippen LogP contribution in [0.2, 0.25) is 0 Å². The Balaban J connectivity index is 2.02. The van der Waals surface area contributed by atoms with E-state index in [1.165, 1.54) is 12.1 Å². The highest BCUT2D eigenvalue weighted by atomic mass is 32.2. The third-order valence-corrected chi connectivity index (χ3v) is 5.13. The standard InChI is InChI=1S/C19H22FN3O5S/c1-3-8-23-29(25,26)17-11-15(5-6-16(17)20)19(24)22-13-14-4-7-18(21-12-14)28-10-9-27-2/h3-7,11-12,23H,1,8-10,13H2,2H3,(H,22,24). The summed E-state index contributed by atoms with van der Waals surface area (Å²) in [6.45, 7) is 4.31. The number of rotatable bonds is 11. The predicted octanol–water partition coefficient (Wildman–Crippen LogP) is 1.64. The van der Waals surface area contributed by atoms with Crippen LogP contribution in [0.1, 0.15) is 15.9 Å². The second kappa shape index (κ2) is 10.6. The van der Waals surface area contributed by atoms with Crippen molar-refractivity contribution in [2.24, 2.45) is 0 Å². The number of hydrogen-bond donors (Lipinski definition) is 2. The Morgan fingerprint density at radius 2 is 2.07 bits per heavy atom. The average molecular weight is 423 g/mol. The number of halogens is 1. The summed E-state index contributed by atoms with van der Waals surface area (Å²) in [6.07, 6.45) is 2.87. The molecule has 1 aromatic carbocycles. The third-order valence-electron chi connectivity index (χ3n) is 3.69. The summed E-state index contributed by atoms with van der Waals surface area (Å²) in [7, 11) is -2.53. The predicted molar refractivity (Wildman–Crippen MR) is 105 cm³/mol. The zero-order valence-corrected chi connectivity index (χ0v) is 16.7. The van der Waals surface area contributed by atoms with Gasteiger partial charge in [0.1, 0.15) is 17.3 Å². The van der Waals surface area contributed by atoms with Crippen LogP contribution in [0.25, 0.3) is 0 Å². The molecule has 0 saturated carbocycles. The fraction of sp³-hybridized carbons (Fsp3) is 0.263. The highest BCUT2D eigenvalue weighted by molar-refractivity contribution is 7.89. The summed E-state index contributed by atoms with van der Waals surface area (Å²) >= 11 is 0. The van der Waals surface area contributed by atoms with Gasteiger partial charge in [-0.2, -0.15) is 0 Å². The van der Waals surface area contributed by atoms with E-state index in [2.05, 4.69) is 21.6 Å². The number of nitrogens with zero attached hydrogens (tertiary/aromatic N) is 1. The first-order valence-electron chi connectivity index (χ1n) is 8.62. The van der Waals surface area contributed by atoms with Crippen LogP contribution in [0.5, 0.6) is 5.88 Å². The molecule has 0 bridgehead atoms. The summed E-state index contributed by atoms with van der Waals surface area (Å²) in [6, 6.07) is 6.52. The van der Waals surface area contributed by atoms with Crippen molar-refractivity contribution in [2.75, 3.05) is 26.9 Å². The normalized spacial score (nSPS) is 11.1. The number of amides is 1. The number of carbonyl (C=O) groups excluding carboxylic acids is 1. The van der Waals surface area contributed by atoms with E-state index in [-0.39, 0.29) is 18.7 Å². The SMILES string of the molecule is C=CCNS(=O)(=O)c1cc(C(=O)NCc2ccc(OCCOC)nc2)ccc1F. The highest BCUT2D eigenvalue weighted by Crippen LogP contribution is 2.16. The molecule has 1 aromatic heterocycles. The largest absolute Gasteiger partial charge is 0.475 e. The molecule has 0 saturated heterocycles. The second-order valence-corrected chi connectivity index (χ2v) is 7.55. The maximum atomic E-state index is 14.0. The number of methoxy groups -OCH3 is 1. The second-order valence-electron chi connectivity index (χ2n) is 5.81. The summed E-state index contributed by atoms with van der Waals surface area (Å²) in [5, 5.41) is 2.63. The van der Waals surface area contributed by atoms with Gasteiger partial charge < -0.3 is 14.8 Å². The van der Waals surface area contributed by atoms with Crippen molar-refractivity contribution < 1.29 is 27.1 Å². The van der Waals surface area contributed by atoms with E-state index in [0.717, 1.165) is 12.1 Å². The first-order valence-corrected chi connectivity index (χ1v) is 10.1. The lowest BCUT2D eigenvalue weighted by molar-refractivity contribution is 0.0950. The topological polar surface area (TPSA) is 107 Å². The van der Waals surface area contributed by atoms with Crippen LogP contribution in [0.4, 0.5) is 4.39 Å². The first-order chi connectivity index (χ1) is 13.9. The summed E-state index contributed by atoms with van der Waals surface area (Å²) in [5.74, 6) is -1.07. The third kappa shape index (κ3) is 6.63. The molecule has 0 fully saturated rings. The van der Waals surface area contributed by atoms with E-state index in [1.54, 1.807) is 25.4 Å². The molecule has 29 heavy (non-hydrogen) atoms. The monoisotopic (exact) mass is 423 g/mol. The van der Waals surface area contributed by atoms with Gasteiger partial charge in [0.15, 0.2) is 0 Å². The number of nitrogens with one attached hydrogen (secondary N) is 2. The van der Waals surface area contributed by atoms with Crippen LogP contribution >= 0.6 is 0 Å². The van der Waals surface area contributed by atoms with Gasteiger partial charge in [-0.15, -0.1) is 6.58 Å². The van der Waals surface area contributed by atoms with Gasteiger partial charge in [-0.3, -0.25) is 4.79 Å². The molecule has 0 aliphatic carbocycles. The zero-order valence-electron chi connectivity index (χ0n) is 15.9. The Hall–Kier alpha value is -2.82. The Labute approximate surface area is 168 Å². The molecule has 156 valence electrons. The van der Waals surface area contributed by atoms with Gasteiger partial charge in [-0.1, -0.05) is 12.1 Å². The number of benzene rings is 1. The van der Waals surface area contributed by atoms with Crippen LogP contribution in [-0.2, 0) is 21.3 Å². The van der Waals surface area contributed by atoms with Crippen molar-refractivity contribution in [3.8, 4) is 5.88 Å². The number of aromatic nitrogens is 1. The molecule has 0 aliphatic heterocycles. The molecule has 0 aliphatic rings. The van der Waals surface area contributed by atoms with Crippen LogP contribution in [-0.4, -0.2) is 46.2 Å². The van der Waals surface area contributed by atoms with Gasteiger partial charge in [0.25, 0.3) is 5.91 Å². The molecule has 0 unspecified atom stereocenters. The molecular formula is C19H22FN3O5S. The van der Waals surface area contributed by atoms with E-state index < -0.39 is 26.6 Å². The Bertz CT molecular complexity index is 949. The zero-order chi connectivity index (χ0) is 21.3. The van der Waals surface area contributed by atoms with Gasteiger partial charge >= 0.3 is 0 Å². The van der Waals surface area contributed by atoms with Crippen molar-refractivity contribution in [1.82, 2.24) is 15.0 Å². The van der Waals surface area contributed by atoms with Gasteiger partial charge in [-0.05, 0) is 23.8 Å². The van der Waals surface area contributed by atoms with Crippen LogP contribution in [0, 0.1) is 5.82 Å². The van der Waals surface area contributed by atoms with Crippen LogP contribution in [0.15, 0.2) is 54.1 Å². The molecule has 2 rings (SSSR count). The number of sulfonamides is 1. The summed E-state index contributed by atoms with van der Waals surface area (Å²) < 4.78 is 50.6. The maximum absolute atomic E-state index is 14.0. The fourth-order valence-corrected chi connectivity index (χ4v) is 3.31. The van der Waals surface area contributed by atoms with Crippen molar-refractivity contribution in [3.05, 3.63) is 66.1 Å². The molecule has 1 heterocycles. The Morgan fingerprint density at radius 1 is 1.28 bits per heavy atom. The van der Waals surface area contributed by atoms with Crippen molar-refractivity contribution >= 4 is 15.9 Å². The maximum Gasteiger partial charge on any atom is 0.251 e. The van der Waals surface area contributed by atoms with Gasteiger partial charge in [0.05, 0.1) is 6.61 Å². The molecule has 0 spiro atoms. The summed E-state index contributed by atoms with van der Waals surface area (Å²) in [4.78, 5) is 15.8. The number of carbonyl (C=O) groups is 1. The Kier molecular flexibility index (Phi) is 8.25. The van der Waals surface area contributed by atoms with E-state index >= 15 is 0 Å². The number of pyridine rings is 1. The molecule has 2 N–H and O–H groups in total. The average Bonchev–Trinajstić information content (AvgIpc) is 2.72. The Morgan fingerprint density at radius 3 is 2.72 bits per heavy atom. The number of hydrogen-bond acceptors (Lipinski definition) is 6. The lowest BCUT2D eigenvalue weighted by Crippen LogP contribution is -2.26. The van der Waals surface area contributed by atoms with Crippen molar-refractivity contribution in [2.45, 2.75) is 11.4 Å². The molecule has 2 aromatic rings. The molecule has 10 heteroatoms. The lowest BCUT2D eigenvalue weighted by atomic mass is 10.2. The first kappa shape index (κ1) is 22.5. The smallest absolute Gasteiger partial charge is 0.251 e. The lowest BCUT2D eigenvalue weighted by Gasteiger charge is -2.10. The molecule has 0 atom stereocenters. The quantitative estimate of drug-likeness (QED) is 0.420. The highest BCUT2D eigenvalue weighted by Gasteiger charge is 2.20. The van der Waals surface area contributed by atoms with Crippen LogP contribution in [0.3, 0.4) is 0 Å². The van der Waals surface area contributed by atoms with Crippen molar-refractivity contribution in [3.63, 3.8) is 0 Å². The van der Waals surface area contributed by atoms with Gasteiger partial charge in [0.2, 0.25) is 15.9 Å². The van der Waals surface area contributed by atoms with Gasteiger partial charge in [0, 0.05) is 38.0 Å². The van der Waals surface area contributed by atoms with Crippen molar-refractivity contribution in [1.29, 1.82) is 0 Å². The molecule has 0 radical (unpaired) electrons. The van der Waals surface area contributed by atoms with E-state index in [1.807, 2.05) is 0 Å². The van der Waals surface area contributed by atoms with E-state index in [4.69, 9.17) is 9.47 Å². The number of ether oxygens (including phenoxy) is 2. The van der Waals surface area contributed by atoms with E-state index in [0.29, 0.717) is 24.7 Å². The fourth-order valence-electron chi connectivity index (χ4n) is 2.21. The van der Waals surface area contributed by atoms with Gasteiger partial charge in [-0.25, -0.2) is 22.5 Å². The van der Waals surface area contributed by atoms with E-state index in [9.17, 15) is 17.6 Å². The molecule has 1 amide bonds.